The summed E-state index contributed by atoms with van der Waals surface area (Å²) in [6, 6.07) is -0.924. The number of hydrogen-bond acceptors (Lipinski definition) is 5. The summed E-state index contributed by atoms with van der Waals surface area (Å²) in [6.07, 6.45) is 0.617. The van der Waals surface area contributed by atoms with E-state index in [1.54, 1.807) is 5.38 Å². The lowest BCUT2D eigenvalue weighted by Crippen LogP contribution is -2.38. The summed E-state index contributed by atoms with van der Waals surface area (Å²) >= 11 is 1.34. The van der Waals surface area contributed by atoms with Crippen molar-refractivity contribution in [1.82, 2.24) is 10.3 Å². The zero-order valence-corrected chi connectivity index (χ0v) is 9.58. The van der Waals surface area contributed by atoms with Gasteiger partial charge in [0.15, 0.2) is 0 Å². The molecule has 0 aliphatic heterocycles. The van der Waals surface area contributed by atoms with Crippen LogP contribution in [0.4, 0.5) is 0 Å². The Bertz CT molecular complexity index is 391. The third-order valence-corrected chi connectivity index (χ3v) is 2.77. The number of amides is 1. The molecule has 0 unspecified atom stereocenters. The van der Waals surface area contributed by atoms with Gasteiger partial charge in [-0.3, -0.25) is 9.59 Å². The fourth-order valence-corrected chi connectivity index (χ4v) is 1.78. The van der Waals surface area contributed by atoms with Crippen LogP contribution in [0.15, 0.2) is 5.38 Å². The molecule has 16 heavy (non-hydrogen) atoms. The van der Waals surface area contributed by atoms with Crippen molar-refractivity contribution >= 4 is 23.2 Å². The number of carboxylic acid groups (broad SMARTS) is 1. The molecule has 1 amide bonds. The van der Waals surface area contributed by atoms with E-state index in [0.29, 0.717) is 13.0 Å². The minimum absolute atomic E-state index is 0.238. The van der Waals surface area contributed by atoms with Crippen LogP contribution >= 0.6 is 11.3 Å². The van der Waals surface area contributed by atoms with Gasteiger partial charge in [0.2, 0.25) is 0 Å². The standard InChI is InChI=1S/C9H13N3O3S/c1-5(9(14)15)11-8(13)6-4-16-7(12-6)2-3-10/h4-5H,2-3,10H2,1H3,(H,11,13)(H,14,15)/t5-/m0/s1. The summed E-state index contributed by atoms with van der Waals surface area (Å²) in [5, 5.41) is 13.3. The van der Waals surface area contributed by atoms with Crippen molar-refractivity contribution in [2.24, 2.45) is 5.73 Å². The lowest BCUT2D eigenvalue weighted by Gasteiger charge is -2.06. The SMILES string of the molecule is C[C@H](NC(=O)c1csc(CCN)n1)C(=O)O. The average Bonchev–Trinajstić information content (AvgIpc) is 2.66. The molecule has 1 rings (SSSR count). The van der Waals surface area contributed by atoms with Gasteiger partial charge in [0, 0.05) is 11.8 Å². The van der Waals surface area contributed by atoms with Crippen molar-refractivity contribution in [2.45, 2.75) is 19.4 Å². The quantitative estimate of drug-likeness (QED) is 0.666. The second-order valence-corrected chi connectivity index (χ2v) is 4.14. The van der Waals surface area contributed by atoms with Gasteiger partial charge in [0.1, 0.15) is 11.7 Å². The van der Waals surface area contributed by atoms with Crippen LogP contribution in [0.2, 0.25) is 0 Å². The lowest BCUT2D eigenvalue weighted by molar-refractivity contribution is -0.138. The fraction of sp³-hybridized carbons (Fsp3) is 0.444. The number of nitrogens with zero attached hydrogens (tertiary/aromatic N) is 1. The molecule has 7 heteroatoms. The van der Waals surface area contributed by atoms with E-state index in [1.165, 1.54) is 18.3 Å². The Hall–Kier alpha value is -1.47. The zero-order chi connectivity index (χ0) is 12.1. The molecule has 1 aromatic rings. The van der Waals surface area contributed by atoms with Gasteiger partial charge in [-0.2, -0.15) is 0 Å². The van der Waals surface area contributed by atoms with Crippen LogP contribution in [-0.4, -0.2) is 34.6 Å². The minimum atomic E-state index is -1.08. The Labute approximate surface area is 96.5 Å². The number of carbonyl (C=O) groups excluding carboxylic acids is 1. The van der Waals surface area contributed by atoms with Crippen molar-refractivity contribution < 1.29 is 14.7 Å². The third kappa shape index (κ3) is 3.28. The van der Waals surface area contributed by atoms with E-state index in [-0.39, 0.29) is 5.69 Å². The van der Waals surface area contributed by atoms with Crippen LogP contribution < -0.4 is 11.1 Å². The molecule has 6 nitrogen and oxygen atoms in total. The topological polar surface area (TPSA) is 105 Å². The monoisotopic (exact) mass is 243 g/mol. The minimum Gasteiger partial charge on any atom is -0.480 e. The number of thiazole rings is 1. The molecule has 0 saturated heterocycles. The van der Waals surface area contributed by atoms with Crippen molar-refractivity contribution in [3.8, 4) is 0 Å². The largest absolute Gasteiger partial charge is 0.480 e. The van der Waals surface area contributed by atoms with Crippen molar-refractivity contribution in [3.63, 3.8) is 0 Å². The molecular formula is C9H13N3O3S. The lowest BCUT2D eigenvalue weighted by atomic mass is 10.3. The molecule has 0 bridgehead atoms. The maximum atomic E-state index is 11.5. The molecule has 0 fully saturated rings. The molecule has 1 atom stereocenters. The van der Waals surface area contributed by atoms with Gasteiger partial charge in [-0.15, -0.1) is 11.3 Å². The smallest absolute Gasteiger partial charge is 0.325 e. The van der Waals surface area contributed by atoms with Crippen molar-refractivity contribution in [1.29, 1.82) is 0 Å². The van der Waals surface area contributed by atoms with E-state index >= 15 is 0 Å². The third-order valence-electron chi connectivity index (χ3n) is 1.86. The molecule has 0 radical (unpaired) electrons. The van der Waals surface area contributed by atoms with Crippen LogP contribution in [0, 0.1) is 0 Å². The summed E-state index contributed by atoms with van der Waals surface area (Å²) in [6.45, 7) is 1.87. The Morgan fingerprint density at radius 3 is 2.94 bits per heavy atom. The van der Waals surface area contributed by atoms with Gasteiger partial charge in [-0.25, -0.2) is 4.98 Å². The number of carbonyl (C=O) groups is 2. The van der Waals surface area contributed by atoms with Gasteiger partial charge in [0.05, 0.1) is 5.01 Å². The van der Waals surface area contributed by atoms with Crippen LogP contribution in [0.3, 0.4) is 0 Å². The first-order valence-electron chi connectivity index (χ1n) is 4.72. The first-order valence-corrected chi connectivity index (χ1v) is 5.60. The van der Waals surface area contributed by atoms with E-state index < -0.39 is 17.9 Å². The normalized spacial score (nSPS) is 12.1. The highest BCUT2D eigenvalue weighted by Gasteiger charge is 2.17. The number of aliphatic carboxylic acids is 1. The van der Waals surface area contributed by atoms with E-state index in [0.717, 1.165) is 5.01 Å². The number of rotatable bonds is 5. The molecule has 0 aromatic carbocycles. The number of nitrogens with one attached hydrogen (secondary N) is 1. The zero-order valence-electron chi connectivity index (χ0n) is 8.77. The summed E-state index contributed by atoms with van der Waals surface area (Å²) in [5.41, 5.74) is 5.59. The summed E-state index contributed by atoms with van der Waals surface area (Å²) < 4.78 is 0. The first kappa shape index (κ1) is 12.6. The van der Waals surface area contributed by atoms with E-state index in [9.17, 15) is 9.59 Å². The number of hydrogen-bond donors (Lipinski definition) is 3. The van der Waals surface area contributed by atoms with Crippen LogP contribution in [-0.2, 0) is 11.2 Å². The van der Waals surface area contributed by atoms with Crippen LogP contribution in [0.5, 0.6) is 0 Å². The van der Waals surface area contributed by atoms with Gasteiger partial charge < -0.3 is 16.2 Å². The van der Waals surface area contributed by atoms with Gasteiger partial charge >= 0.3 is 5.97 Å². The maximum absolute atomic E-state index is 11.5. The highest BCUT2D eigenvalue weighted by Crippen LogP contribution is 2.09. The molecule has 0 spiro atoms. The van der Waals surface area contributed by atoms with E-state index in [2.05, 4.69) is 10.3 Å². The summed E-state index contributed by atoms with van der Waals surface area (Å²) in [4.78, 5) is 26.1. The molecule has 0 aliphatic rings. The molecule has 0 aliphatic carbocycles. The summed E-state index contributed by atoms with van der Waals surface area (Å²) in [5.74, 6) is -1.56. The summed E-state index contributed by atoms with van der Waals surface area (Å²) in [7, 11) is 0. The highest BCUT2D eigenvalue weighted by atomic mass is 32.1. The van der Waals surface area contributed by atoms with E-state index in [4.69, 9.17) is 10.8 Å². The van der Waals surface area contributed by atoms with Crippen LogP contribution in [0.1, 0.15) is 22.4 Å². The number of nitrogens with two attached hydrogens (primary N) is 1. The molecule has 0 saturated carbocycles. The Morgan fingerprint density at radius 1 is 1.69 bits per heavy atom. The second-order valence-electron chi connectivity index (χ2n) is 3.20. The Balaban J connectivity index is 2.62. The maximum Gasteiger partial charge on any atom is 0.325 e. The Kier molecular flexibility index (Phi) is 4.39. The van der Waals surface area contributed by atoms with Gasteiger partial charge in [-0.1, -0.05) is 0 Å². The highest BCUT2D eigenvalue weighted by molar-refractivity contribution is 7.09. The van der Waals surface area contributed by atoms with Crippen molar-refractivity contribution in [3.05, 3.63) is 16.1 Å². The number of aromatic nitrogens is 1. The Morgan fingerprint density at radius 2 is 2.38 bits per heavy atom. The van der Waals surface area contributed by atoms with Gasteiger partial charge in [-0.05, 0) is 13.5 Å². The predicted molar refractivity (Wildman–Crippen MR) is 59.4 cm³/mol. The second kappa shape index (κ2) is 5.57. The molecule has 1 heterocycles. The van der Waals surface area contributed by atoms with Gasteiger partial charge in [0.25, 0.3) is 5.91 Å². The first-order chi connectivity index (χ1) is 7.54. The van der Waals surface area contributed by atoms with E-state index in [1.807, 2.05) is 0 Å². The molecular weight excluding hydrogens is 230 g/mol. The average molecular weight is 243 g/mol. The van der Waals surface area contributed by atoms with Crippen molar-refractivity contribution in [2.75, 3.05) is 6.54 Å². The molecule has 1 aromatic heterocycles. The fourth-order valence-electron chi connectivity index (χ4n) is 0.986. The van der Waals surface area contributed by atoms with Crippen LogP contribution in [0.25, 0.3) is 0 Å². The number of carboxylic acids is 1. The molecule has 88 valence electrons. The molecule has 4 N–H and O–H groups in total. The predicted octanol–water partition coefficient (Wildman–Crippen LogP) is -0.153.